The molecule has 8 nitrogen and oxygen atoms in total. The third-order valence-corrected chi connectivity index (χ3v) is 6.28. The summed E-state index contributed by atoms with van der Waals surface area (Å²) in [5.74, 6) is 1.73. The van der Waals surface area contributed by atoms with E-state index in [1.165, 1.54) is 0 Å². The van der Waals surface area contributed by atoms with Crippen molar-refractivity contribution < 1.29 is 24.1 Å². The number of fused-ring (bicyclic) bond motifs is 2. The number of hydrogen-bond acceptors (Lipinski definition) is 7. The standard InChI is InChI=1S/C26H33N3O5/c1-5-6-19-9-21-25(27-11-19)34-24(17(2)12-29(26(21)31)18(3)15-30)14-28(4)13-20-7-8-22-23(10-20)33-16-32-22/h5-11,17-18,24,30H,12-16H2,1-4H3/t17-,18+,24-/m1/s1. The van der Waals surface area contributed by atoms with E-state index >= 15 is 0 Å². The topological polar surface area (TPSA) is 84.4 Å². The van der Waals surface area contributed by atoms with Gasteiger partial charge in [0.1, 0.15) is 11.7 Å². The van der Waals surface area contributed by atoms with Gasteiger partial charge in [-0.15, -0.1) is 0 Å². The number of benzene rings is 1. The normalized spacial score (nSPS) is 20.8. The van der Waals surface area contributed by atoms with Crippen LogP contribution in [0.3, 0.4) is 0 Å². The Balaban J connectivity index is 1.57. The van der Waals surface area contributed by atoms with E-state index in [4.69, 9.17) is 14.2 Å². The molecule has 0 bridgehead atoms. The monoisotopic (exact) mass is 467 g/mol. The third kappa shape index (κ3) is 5.18. The van der Waals surface area contributed by atoms with Crippen molar-refractivity contribution in [3.05, 3.63) is 53.2 Å². The first-order valence-corrected chi connectivity index (χ1v) is 11.7. The van der Waals surface area contributed by atoms with Crippen LogP contribution in [0.25, 0.3) is 6.08 Å². The van der Waals surface area contributed by atoms with E-state index in [9.17, 15) is 9.90 Å². The summed E-state index contributed by atoms with van der Waals surface area (Å²) in [5, 5.41) is 9.80. The van der Waals surface area contributed by atoms with E-state index in [1.54, 1.807) is 11.1 Å². The van der Waals surface area contributed by atoms with Gasteiger partial charge in [-0.1, -0.05) is 25.1 Å². The van der Waals surface area contributed by atoms with E-state index in [0.717, 1.165) is 22.6 Å². The first kappa shape index (κ1) is 24.0. The highest BCUT2D eigenvalue weighted by Crippen LogP contribution is 2.33. The Kier molecular flexibility index (Phi) is 7.38. The Morgan fingerprint density at radius 3 is 2.85 bits per heavy atom. The van der Waals surface area contributed by atoms with E-state index in [0.29, 0.717) is 31.1 Å². The van der Waals surface area contributed by atoms with Gasteiger partial charge in [-0.3, -0.25) is 9.69 Å². The van der Waals surface area contributed by atoms with Crippen LogP contribution in [0.4, 0.5) is 0 Å². The van der Waals surface area contributed by atoms with Gasteiger partial charge >= 0.3 is 0 Å². The zero-order valence-corrected chi connectivity index (χ0v) is 20.2. The Morgan fingerprint density at radius 1 is 1.29 bits per heavy atom. The van der Waals surface area contributed by atoms with Crippen LogP contribution in [0.2, 0.25) is 0 Å². The summed E-state index contributed by atoms with van der Waals surface area (Å²) in [5.41, 5.74) is 2.37. The number of rotatable bonds is 7. The number of allylic oxidation sites excluding steroid dienone is 1. The summed E-state index contributed by atoms with van der Waals surface area (Å²) in [6.07, 6.45) is 5.32. The quantitative estimate of drug-likeness (QED) is 0.669. The SMILES string of the molecule is CC=Cc1cnc2c(c1)C(=O)N([C@@H](C)CO)C[C@@H](C)[C@@H](CN(C)Cc1ccc3c(c1)OCO3)O2. The molecule has 1 N–H and O–H groups in total. The number of hydrogen-bond donors (Lipinski definition) is 1. The maximum Gasteiger partial charge on any atom is 0.259 e. The zero-order chi connectivity index (χ0) is 24.2. The molecule has 2 aliphatic rings. The molecule has 4 rings (SSSR count). The lowest BCUT2D eigenvalue weighted by Crippen LogP contribution is -2.49. The van der Waals surface area contributed by atoms with Crippen molar-refractivity contribution in [1.29, 1.82) is 0 Å². The van der Waals surface area contributed by atoms with Gasteiger partial charge in [0.15, 0.2) is 11.5 Å². The van der Waals surface area contributed by atoms with Crippen LogP contribution in [0, 0.1) is 5.92 Å². The Bertz CT molecular complexity index is 1060. The number of aliphatic hydroxyl groups is 1. The zero-order valence-electron chi connectivity index (χ0n) is 20.2. The second-order valence-corrected chi connectivity index (χ2v) is 9.13. The van der Waals surface area contributed by atoms with Gasteiger partial charge in [-0.25, -0.2) is 4.98 Å². The van der Waals surface area contributed by atoms with Gasteiger partial charge in [0.05, 0.1) is 12.6 Å². The molecule has 8 heteroatoms. The Hall–Kier alpha value is -3.10. The molecule has 0 spiro atoms. The van der Waals surface area contributed by atoms with E-state index in [-0.39, 0.29) is 37.4 Å². The number of carbonyl (C=O) groups excluding carboxylic acids is 1. The molecule has 0 saturated carbocycles. The van der Waals surface area contributed by atoms with Crippen LogP contribution < -0.4 is 14.2 Å². The number of amides is 1. The molecular formula is C26H33N3O5. The fourth-order valence-corrected chi connectivity index (χ4v) is 4.34. The van der Waals surface area contributed by atoms with Crippen LogP contribution in [-0.4, -0.2) is 71.5 Å². The fourth-order valence-electron chi connectivity index (χ4n) is 4.34. The van der Waals surface area contributed by atoms with Crippen molar-refractivity contribution in [2.24, 2.45) is 5.92 Å². The molecule has 3 atom stereocenters. The number of pyridine rings is 1. The van der Waals surface area contributed by atoms with Gasteiger partial charge in [0.25, 0.3) is 5.91 Å². The predicted molar refractivity (Wildman–Crippen MR) is 129 cm³/mol. The molecule has 2 aliphatic heterocycles. The summed E-state index contributed by atoms with van der Waals surface area (Å²) < 4.78 is 17.3. The maximum absolute atomic E-state index is 13.4. The highest BCUT2D eigenvalue weighted by molar-refractivity contribution is 5.97. The molecule has 1 amide bonds. The molecule has 0 fully saturated rings. The molecular weight excluding hydrogens is 434 g/mol. The fraction of sp³-hybridized carbons (Fsp3) is 0.462. The highest BCUT2D eigenvalue weighted by Gasteiger charge is 2.34. The summed E-state index contributed by atoms with van der Waals surface area (Å²) in [6, 6.07) is 7.48. The molecule has 1 aromatic carbocycles. The molecule has 182 valence electrons. The Morgan fingerprint density at radius 2 is 2.09 bits per heavy atom. The number of nitrogens with zero attached hydrogens (tertiary/aromatic N) is 3. The number of likely N-dealkylation sites (N-methyl/N-ethyl adjacent to an activating group) is 1. The molecule has 0 unspecified atom stereocenters. The van der Waals surface area contributed by atoms with Crippen molar-refractivity contribution >= 4 is 12.0 Å². The summed E-state index contributed by atoms with van der Waals surface area (Å²) in [6.45, 7) is 7.83. The lowest BCUT2D eigenvalue weighted by molar-refractivity contribution is 0.0325. The summed E-state index contributed by atoms with van der Waals surface area (Å²) in [4.78, 5) is 21.8. The molecule has 1 aromatic heterocycles. The molecule has 3 heterocycles. The smallest absolute Gasteiger partial charge is 0.259 e. The minimum Gasteiger partial charge on any atom is -0.472 e. The lowest BCUT2D eigenvalue weighted by Gasteiger charge is -2.37. The number of aliphatic hydroxyl groups excluding tert-OH is 1. The van der Waals surface area contributed by atoms with Crippen molar-refractivity contribution in [3.8, 4) is 17.4 Å². The van der Waals surface area contributed by atoms with Crippen LogP contribution in [0.15, 0.2) is 36.5 Å². The van der Waals surface area contributed by atoms with Gasteiger partial charge in [-0.2, -0.15) is 0 Å². The van der Waals surface area contributed by atoms with E-state index in [2.05, 4.69) is 16.8 Å². The third-order valence-electron chi connectivity index (χ3n) is 6.28. The second-order valence-electron chi connectivity index (χ2n) is 9.13. The number of carbonyl (C=O) groups is 1. The van der Waals surface area contributed by atoms with Crippen molar-refractivity contribution in [2.75, 3.05) is 33.5 Å². The van der Waals surface area contributed by atoms with Gasteiger partial charge < -0.3 is 24.2 Å². The van der Waals surface area contributed by atoms with Crippen molar-refractivity contribution in [3.63, 3.8) is 0 Å². The van der Waals surface area contributed by atoms with E-state index in [1.807, 2.05) is 57.3 Å². The van der Waals surface area contributed by atoms with E-state index < -0.39 is 0 Å². The summed E-state index contributed by atoms with van der Waals surface area (Å²) >= 11 is 0. The largest absolute Gasteiger partial charge is 0.472 e. The molecule has 0 radical (unpaired) electrons. The van der Waals surface area contributed by atoms with Crippen LogP contribution in [0.1, 0.15) is 42.3 Å². The van der Waals surface area contributed by atoms with Crippen LogP contribution >= 0.6 is 0 Å². The Labute approximate surface area is 200 Å². The highest BCUT2D eigenvalue weighted by atomic mass is 16.7. The van der Waals surface area contributed by atoms with Crippen LogP contribution in [-0.2, 0) is 6.54 Å². The van der Waals surface area contributed by atoms with Crippen molar-refractivity contribution in [2.45, 2.75) is 39.5 Å². The van der Waals surface area contributed by atoms with Crippen LogP contribution in [0.5, 0.6) is 17.4 Å². The van der Waals surface area contributed by atoms with Crippen molar-refractivity contribution in [1.82, 2.24) is 14.8 Å². The van der Waals surface area contributed by atoms with Gasteiger partial charge in [0.2, 0.25) is 12.7 Å². The average Bonchev–Trinajstić information content (AvgIpc) is 3.29. The van der Waals surface area contributed by atoms with Gasteiger partial charge in [0, 0.05) is 31.7 Å². The lowest BCUT2D eigenvalue weighted by atomic mass is 9.99. The number of aromatic nitrogens is 1. The molecule has 2 aromatic rings. The average molecular weight is 468 g/mol. The minimum absolute atomic E-state index is 0.0299. The summed E-state index contributed by atoms with van der Waals surface area (Å²) in [7, 11) is 2.04. The molecule has 34 heavy (non-hydrogen) atoms. The number of ether oxygens (including phenoxy) is 3. The minimum atomic E-state index is -0.307. The second kappa shape index (κ2) is 10.4. The van der Waals surface area contributed by atoms with Gasteiger partial charge in [-0.05, 0) is 50.2 Å². The molecule has 0 aliphatic carbocycles. The first-order chi connectivity index (χ1) is 16.4. The maximum atomic E-state index is 13.4. The molecule has 0 saturated heterocycles. The predicted octanol–water partition coefficient (Wildman–Crippen LogP) is 3.20. The first-order valence-electron chi connectivity index (χ1n) is 11.7.